The molecule has 0 fully saturated rings. The molecule has 0 amide bonds. The number of benzene rings is 2. The molecular weight excluding hydrogens is 414 g/mol. The van der Waals surface area contributed by atoms with Gasteiger partial charge in [0.1, 0.15) is 11.6 Å². The highest BCUT2D eigenvalue weighted by Gasteiger charge is 2.17. The van der Waals surface area contributed by atoms with E-state index in [2.05, 4.69) is 26.0 Å². The lowest BCUT2D eigenvalue weighted by Crippen LogP contribution is -2.20. The zero-order valence-electron chi connectivity index (χ0n) is 14.7. The second-order valence-electron chi connectivity index (χ2n) is 5.86. The lowest BCUT2D eigenvalue weighted by atomic mass is 10.2. The maximum Gasteiger partial charge on any atom is 0.282 e. The number of fused-ring (bicyclic) bond motifs is 2. The van der Waals surface area contributed by atoms with Crippen molar-refractivity contribution in [1.82, 2.24) is 9.66 Å². The predicted molar refractivity (Wildman–Crippen MR) is 105 cm³/mol. The molecule has 27 heavy (non-hydrogen) atoms. The summed E-state index contributed by atoms with van der Waals surface area (Å²) in [6.07, 6.45) is 1.56. The summed E-state index contributed by atoms with van der Waals surface area (Å²) in [7, 11) is 0. The summed E-state index contributed by atoms with van der Waals surface area (Å²) in [4.78, 5) is 17.3. The van der Waals surface area contributed by atoms with Crippen molar-refractivity contribution in [3.05, 3.63) is 56.5 Å². The Labute approximate surface area is 163 Å². The fraction of sp³-hybridized carbons (Fsp3) is 0.211. The normalized spacial score (nSPS) is 12.9. The van der Waals surface area contributed by atoms with Crippen molar-refractivity contribution < 1.29 is 14.2 Å². The molecule has 0 saturated carbocycles. The van der Waals surface area contributed by atoms with Crippen LogP contribution in [0.5, 0.6) is 17.2 Å². The first-order valence-electron chi connectivity index (χ1n) is 8.36. The standard InChI is InChI=1S/C19H16BrN3O4/c1-3-25-16-8-18-17(26-10-27-18)6-12(16)9-21-23-11(2)22-15-5-4-13(20)7-14(15)19(23)24/h4-9H,3,10H2,1-2H3. The lowest BCUT2D eigenvalue weighted by molar-refractivity contribution is 0.174. The molecule has 8 heteroatoms. The Morgan fingerprint density at radius 3 is 2.85 bits per heavy atom. The van der Waals surface area contributed by atoms with Crippen LogP contribution in [-0.4, -0.2) is 29.3 Å². The molecule has 1 aliphatic heterocycles. The van der Waals surface area contributed by atoms with E-state index in [0.717, 1.165) is 4.47 Å². The molecule has 138 valence electrons. The van der Waals surface area contributed by atoms with Gasteiger partial charge in [0.05, 0.1) is 23.7 Å². The fourth-order valence-corrected chi connectivity index (χ4v) is 3.20. The molecule has 0 N–H and O–H groups in total. The Kier molecular flexibility index (Phi) is 4.57. The Morgan fingerprint density at radius 1 is 1.30 bits per heavy atom. The number of rotatable bonds is 4. The van der Waals surface area contributed by atoms with Crippen LogP contribution in [0.15, 0.2) is 44.7 Å². The maximum absolute atomic E-state index is 12.8. The van der Waals surface area contributed by atoms with Gasteiger partial charge >= 0.3 is 0 Å². The first-order chi connectivity index (χ1) is 13.1. The summed E-state index contributed by atoms with van der Waals surface area (Å²) in [5.41, 5.74) is 1.07. The van der Waals surface area contributed by atoms with Gasteiger partial charge in [0.15, 0.2) is 11.5 Å². The summed E-state index contributed by atoms with van der Waals surface area (Å²) in [5, 5.41) is 4.84. The number of hydrogen-bond acceptors (Lipinski definition) is 6. The van der Waals surface area contributed by atoms with Crippen LogP contribution in [0.3, 0.4) is 0 Å². The van der Waals surface area contributed by atoms with Crippen LogP contribution in [-0.2, 0) is 0 Å². The van der Waals surface area contributed by atoms with Crippen LogP contribution in [0, 0.1) is 6.92 Å². The van der Waals surface area contributed by atoms with E-state index in [1.165, 1.54) is 4.68 Å². The van der Waals surface area contributed by atoms with E-state index in [4.69, 9.17) is 14.2 Å². The number of nitrogens with zero attached hydrogens (tertiary/aromatic N) is 3. The van der Waals surface area contributed by atoms with Gasteiger partial charge in [0, 0.05) is 16.1 Å². The highest BCUT2D eigenvalue weighted by Crippen LogP contribution is 2.37. The third kappa shape index (κ3) is 3.28. The van der Waals surface area contributed by atoms with Gasteiger partial charge in [0.2, 0.25) is 6.79 Å². The Bertz CT molecular complexity index is 1120. The molecule has 0 bridgehead atoms. The van der Waals surface area contributed by atoms with Gasteiger partial charge in [0.25, 0.3) is 5.56 Å². The van der Waals surface area contributed by atoms with Gasteiger partial charge in [-0.05, 0) is 38.1 Å². The van der Waals surface area contributed by atoms with Crippen molar-refractivity contribution in [3.63, 3.8) is 0 Å². The van der Waals surface area contributed by atoms with Crippen molar-refractivity contribution in [2.45, 2.75) is 13.8 Å². The summed E-state index contributed by atoms with van der Waals surface area (Å²) in [5.74, 6) is 2.34. The second kappa shape index (κ2) is 7.03. The predicted octanol–water partition coefficient (Wildman–Crippen LogP) is 3.48. The fourth-order valence-electron chi connectivity index (χ4n) is 2.84. The van der Waals surface area contributed by atoms with Gasteiger partial charge in [-0.2, -0.15) is 9.78 Å². The molecule has 0 unspecified atom stereocenters. The molecule has 4 rings (SSSR count). The van der Waals surface area contributed by atoms with Crippen molar-refractivity contribution in [1.29, 1.82) is 0 Å². The molecule has 0 atom stereocenters. The van der Waals surface area contributed by atoms with E-state index < -0.39 is 0 Å². The third-order valence-corrected chi connectivity index (χ3v) is 4.58. The lowest BCUT2D eigenvalue weighted by Gasteiger charge is -2.09. The minimum absolute atomic E-state index is 0.170. The number of aromatic nitrogens is 2. The summed E-state index contributed by atoms with van der Waals surface area (Å²) in [6, 6.07) is 8.93. The molecule has 2 heterocycles. The van der Waals surface area contributed by atoms with E-state index >= 15 is 0 Å². The van der Waals surface area contributed by atoms with Crippen molar-refractivity contribution in [2.75, 3.05) is 13.4 Å². The van der Waals surface area contributed by atoms with E-state index in [1.807, 2.05) is 13.0 Å². The number of halogens is 1. The van der Waals surface area contributed by atoms with Gasteiger partial charge in [-0.15, -0.1) is 0 Å². The maximum atomic E-state index is 12.8. The first kappa shape index (κ1) is 17.5. The second-order valence-corrected chi connectivity index (χ2v) is 6.77. The Balaban J connectivity index is 1.80. The number of aryl methyl sites for hydroxylation is 1. The van der Waals surface area contributed by atoms with Crippen LogP contribution >= 0.6 is 15.9 Å². The minimum atomic E-state index is -0.242. The van der Waals surface area contributed by atoms with Crippen LogP contribution < -0.4 is 19.8 Å². The SMILES string of the molecule is CCOc1cc2c(cc1C=Nn1c(C)nc3ccc(Br)cc3c1=O)OCO2. The van der Waals surface area contributed by atoms with E-state index in [9.17, 15) is 4.79 Å². The molecule has 3 aromatic rings. The number of hydrogen-bond donors (Lipinski definition) is 0. The smallest absolute Gasteiger partial charge is 0.282 e. The van der Waals surface area contributed by atoms with Crippen molar-refractivity contribution in [3.8, 4) is 17.2 Å². The van der Waals surface area contributed by atoms with Gasteiger partial charge in [-0.25, -0.2) is 4.98 Å². The Morgan fingerprint density at radius 2 is 2.07 bits per heavy atom. The average Bonchev–Trinajstić information content (AvgIpc) is 3.10. The molecule has 0 saturated heterocycles. The molecular formula is C19H16BrN3O4. The van der Waals surface area contributed by atoms with Gasteiger partial charge in [-0.3, -0.25) is 4.79 Å². The molecule has 2 aromatic carbocycles. The average molecular weight is 430 g/mol. The summed E-state index contributed by atoms with van der Waals surface area (Å²) >= 11 is 3.38. The summed E-state index contributed by atoms with van der Waals surface area (Å²) < 4.78 is 18.5. The monoisotopic (exact) mass is 429 g/mol. The molecule has 1 aliphatic rings. The molecule has 0 radical (unpaired) electrons. The third-order valence-electron chi connectivity index (χ3n) is 4.09. The first-order valence-corrected chi connectivity index (χ1v) is 9.16. The van der Waals surface area contributed by atoms with Crippen LogP contribution in [0.1, 0.15) is 18.3 Å². The quantitative estimate of drug-likeness (QED) is 0.593. The zero-order chi connectivity index (χ0) is 19.0. The van der Waals surface area contributed by atoms with E-state index in [-0.39, 0.29) is 12.4 Å². The topological polar surface area (TPSA) is 74.9 Å². The highest BCUT2D eigenvalue weighted by molar-refractivity contribution is 9.10. The molecule has 1 aromatic heterocycles. The molecule has 0 aliphatic carbocycles. The van der Waals surface area contributed by atoms with Gasteiger partial charge in [-0.1, -0.05) is 15.9 Å². The van der Waals surface area contributed by atoms with Gasteiger partial charge < -0.3 is 14.2 Å². The van der Waals surface area contributed by atoms with E-state index in [0.29, 0.717) is 46.1 Å². The Hall–Kier alpha value is -2.87. The highest BCUT2D eigenvalue weighted by atomic mass is 79.9. The van der Waals surface area contributed by atoms with E-state index in [1.54, 1.807) is 37.4 Å². The van der Waals surface area contributed by atoms with Crippen LogP contribution in [0.4, 0.5) is 0 Å². The zero-order valence-corrected chi connectivity index (χ0v) is 16.3. The summed E-state index contributed by atoms with van der Waals surface area (Å²) in [6.45, 7) is 4.29. The van der Waals surface area contributed by atoms with Crippen LogP contribution in [0.25, 0.3) is 10.9 Å². The molecule has 0 spiro atoms. The molecule has 7 nitrogen and oxygen atoms in total. The van der Waals surface area contributed by atoms with Crippen LogP contribution in [0.2, 0.25) is 0 Å². The van der Waals surface area contributed by atoms with Crippen molar-refractivity contribution in [2.24, 2.45) is 5.10 Å². The largest absolute Gasteiger partial charge is 0.493 e. The minimum Gasteiger partial charge on any atom is -0.493 e. The van der Waals surface area contributed by atoms with Crippen molar-refractivity contribution >= 4 is 33.0 Å². The number of ether oxygens (including phenoxy) is 3.